The lowest BCUT2D eigenvalue weighted by molar-refractivity contribution is 0.415. The van der Waals surface area contributed by atoms with Gasteiger partial charge in [-0.1, -0.05) is 19.3 Å². The van der Waals surface area contributed by atoms with Crippen LogP contribution in [0.3, 0.4) is 0 Å². The molecular weight excluding hydrogens is 276 g/mol. The highest BCUT2D eigenvalue weighted by molar-refractivity contribution is 7.99. The molecule has 0 bridgehead atoms. The summed E-state index contributed by atoms with van der Waals surface area (Å²) in [6.45, 7) is 0. The molecular formula is C14H18N2OS2. The molecule has 0 radical (unpaired) electrons. The van der Waals surface area contributed by atoms with Gasteiger partial charge in [-0.05, 0) is 36.9 Å². The van der Waals surface area contributed by atoms with Gasteiger partial charge in [0.1, 0.15) is 5.75 Å². The topological polar surface area (TPSA) is 34.1 Å². The monoisotopic (exact) mass is 294 g/mol. The van der Waals surface area contributed by atoms with Gasteiger partial charge in [0.2, 0.25) is 0 Å². The van der Waals surface area contributed by atoms with Crippen LogP contribution < -0.4 is 9.46 Å². The van der Waals surface area contributed by atoms with Crippen LogP contribution in [0, 0.1) is 0 Å². The molecule has 1 aromatic carbocycles. The van der Waals surface area contributed by atoms with Crippen molar-refractivity contribution in [3.05, 3.63) is 18.2 Å². The van der Waals surface area contributed by atoms with Crippen LogP contribution in [0.5, 0.6) is 5.75 Å². The molecule has 1 aliphatic carbocycles. The van der Waals surface area contributed by atoms with Crippen molar-refractivity contribution in [1.29, 1.82) is 0 Å². The Morgan fingerprint density at radius 1 is 1.32 bits per heavy atom. The highest BCUT2D eigenvalue weighted by Gasteiger charge is 2.14. The first-order valence-electron chi connectivity index (χ1n) is 6.72. The Labute approximate surface area is 121 Å². The Hall–Kier alpha value is -0.780. The fraction of sp³-hybridized carbons (Fsp3) is 0.500. The van der Waals surface area contributed by atoms with E-state index in [9.17, 15) is 0 Å². The van der Waals surface area contributed by atoms with Gasteiger partial charge in [0.15, 0.2) is 4.34 Å². The molecule has 0 spiro atoms. The van der Waals surface area contributed by atoms with Crippen molar-refractivity contribution in [1.82, 2.24) is 9.71 Å². The van der Waals surface area contributed by atoms with E-state index < -0.39 is 0 Å². The highest BCUT2D eigenvalue weighted by atomic mass is 32.2. The van der Waals surface area contributed by atoms with E-state index in [1.54, 1.807) is 30.4 Å². The standard InChI is InChI=1S/C14H18N2OS2/c1-17-11-7-8-13-12(9-11)15-14(18-13)19-16-10-5-3-2-4-6-10/h7-10,16H,2-6H2,1H3. The number of nitrogens with one attached hydrogen (secondary N) is 1. The Kier molecular flexibility index (Phi) is 4.25. The quantitative estimate of drug-likeness (QED) is 0.856. The normalized spacial score (nSPS) is 16.9. The number of ether oxygens (including phenoxy) is 1. The molecule has 2 aromatic rings. The summed E-state index contributed by atoms with van der Waals surface area (Å²) in [7, 11) is 1.69. The van der Waals surface area contributed by atoms with E-state index in [1.807, 2.05) is 12.1 Å². The molecule has 1 saturated carbocycles. The van der Waals surface area contributed by atoms with E-state index >= 15 is 0 Å². The zero-order valence-corrected chi connectivity index (χ0v) is 12.6. The largest absolute Gasteiger partial charge is 0.497 e. The van der Waals surface area contributed by atoms with Crippen LogP contribution in [0.25, 0.3) is 10.2 Å². The highest BCUT2D eigenvalue weighted by Crippen LogP contribution is 2.31. The Morgan fingerprint density at radius 3 is 2.95 bits per heavy atom. The van der Waals surface area contributed by atoms with Crippen LogP contribution in [0.15, 0.2) is 22.5 Å². The van der Waals surface area contributed by atoms with E-state index in [2.05, 4.69) is 15.8 Å². The maximum atomic E-state index is 5.23. The van der Waals surface area contributed by atoms with Crippen molar-refractivity contribution >= 4 is 33.5 Å². The van der Waals surface area contributed by atoms with Gasteiger partial charge in [-0.25, -0.2) is 4.98 Å². The number of hydrogen-bond donors (Lipinski definition) is 1. The predicted octanol–water partition coefficient (Wildman–Crippen LogP) is 4.23. The maximum Gasteiger partial charge on any atom is 0.166 e. The fourth-order valence-electron chi connectivity index (χ4n) is 2.41. The van der Waals surface area contributed by atoms with Gasteiger partial charge in [0.05, 0.1) is 17.3 Å². The first-order chi connectivity index (χ1) is 9.35. The summed E-state index contributed by atoms with van der Waals surface area (Å²) in [5.41, 5.74) is 1.03. The maximum absolute atomic E-state index is 5.23. The van der Waals surface area contributed by atoms with E-state index in [0.717, 1.165) is 15.6 Å². The molecule has 3 rings (SSSR count). The van der Waals surface area contributed by atoms with Gasteiger partial charge in [0, 0.05) is 12.1 Å². The smallest absolute Gasteiger partial charge is 0.166 e. The molecule has 0 aliphatic heterocycles. The molecule has 1 fully saturated rings. The zero-order chi connectivity index (χ0) is 13.1. The molecule has 1 N–H and O–H groups in total. The number of aromatic nitrogens is 1. The van der Waals surface area contributed by atoms with Gasteiger partial charge < -0.3 is 4.74 Å². The number of benzene rings is 1. The van der Waals surface area contributed by atoms with Gasteiger partial charge in [-0.2, -0.15) is 0 Å². The summed E-state index contributed by atoms with van der Waals surface area (Å²) in [4.78, 5) is 4.64. The third-order valence-electron chi connectivity index (χ3n) is 3.49. The summed E-state index contributed by atoms with van der Waals surface area (Å²) < 4.78 is 11.1. The zero-order valence-electron chi connectivity index (χ0n) is 11.0. The summed E-state index contributed by atoms with van der Waals surface area (Å²) >= 11 is 3.42. The summed E-state index contributed by atoms with van der Waals surface area (Å²) in [5, 5.41) is 0. The lowest BCUT2D eigenvalue weighted by Gasteiger charge is -2.21. The van der Waals surface area contributed by atoms with Gasteiger partial charge in [-0.15, -0.1) is 11.3 Å². The number of nitrogens with zero attached hydrogens (tertiary/aromatic N) is 1. The number of hydrogen-bond acceptors (Lipinski definition) is 5. The van der Waals surface area contributed by atoms with Crippen molar-refractivity contribution in [2.45, 2.75) is 42.5 Å². The Morgan fingerprint density at radius 2 is 2.16 bits per heavy atom. The van der Waals surface area contributed by atoms with Crippen LogP contribution in [-0.2, 0) is 0 Å². The molecule has 3 nitrogen and oxygen atoms in total. The molecule has 0 saturated heterocycles. The average Bonchev–Trinajstić information content (AvgIpc) is 2.88. The number of fused-ring (bicyclic) bond motifs is 1. The van der Waals surface area contributed by atoms with Crippen LogP contribution in [0.2, 0.25) is 0 Å². The molecule has 0 unspecified atom stereocenters. The minimum atomic E-state index is 0.653. The van der Waals surface area contributed by atoms with E-state index in [4.69, 9.17) is 4.74 Å². The summed E-state index contributed by atoms with van der Waals surface area (Å²) in [5.74, 6) is 0.870. The van der Waals surface area contributed by atoms with Crippen molar-refractivity contribution in [3.8, 4) is 5.75 Å². The predicted molar refractivity (Wildman–Crippen MR) is 82.0 cm³/mol. The molecule has 0 atom stereocenters. The molecule has 1 aromatic heterocycles. The second-order valence-corrected chi connectivity index (χ2v) is 6.98. The van der Waals surface area contributed by atoms with Gasteiger partial charge >= 0.3 is 0 Å². The van der Waals surface area contributed by atoms with Crippen LogP contribution in [0.4, 0.5) is 0 Å². The molecule has 1 aliphatic rings. The van der Waals surface area contributed by atoms with Gasteiger partial charge in [0.25, 0.3) is 0 Å². The molecule has 19 heavy (non-hydrogen) atoms. The van der Waals surface area contributed by atoms with Crippen molar-refractivity contribution < 1.29 is 4.74 Å². The first kappa shape index (κ1) is 13.2. The minimum absolute atomic E-state index is 0.653. The van der Waals surface area contributed by atoms with Crippen LogP contribution >= 0.6 is 23.3 Å². The lowest BCUT2D eigenvalue weighted by atomic mass is 9.96. The number of thiazole rings is 1. The molecule has 5 heteroatoms. The summed E-state index contributed by atoms with van der Waals surface area (Å²) in [6.07, 6.45) is 6.70. The van der Waals surface area contributed by atoms with E-state index in [1.165, 1.54) is 36.8 Å². The second kappa shape index (κ2) is 6.11. The van der Waals surface area contributed by atoms with Crippen LogP contribution in [0.1, 0.15) is 32.1 Å². The lowest BCUT2D eigenvalue weighted by Crippen LogP contribution is -2.25. The van der Waals surface area contributed by atoms with Crippen molar-refractivity contribution in [3.63, 3.8) is 0 Å². The average molecular weight is 294 g/mol. The van der Waals surface area contributed by atoms with E-state index in [0.29, 0.717) is 6.04 Å². The Balaban J connectivity index is 1.67. The SMILES string of the molecule is COc1ccc2sc(SNC3CCCCC3)nc2c1. The van der Waals surface area contributed by atoms with E-state index in [-0.39, 0.29) is 0 Å². The third-order valence-corrected chi connectivity index (χ3v) is 5.54. The fourth-order valence-corrected chi connectivity index (χ4v) is 4.32. The van der Waals surface area contributed by atoms with Crippen molar-refractivity contribution in [2.24, 2.45) is 0 Å². The number of methoxy groups -OCH3 is 1. The molecule has 102 valence electrons. The molecule has 1 heterocycles. The number of rotatable bonds is 4. The molecule has 0 amide bonds. The Bertz CT molecular complexity index is 549. The minimum Gasteiger partial charge on any atom is -0.497 e. The van der Waals surface area contributed by atoms with Gasteiger partial charge in [-0.3, -0.25) is 4.72 Å². The van der Waals surface area contributed by atoms with Crippen LogP contribution in [-0.4, -0.2) is 18.1 Å². The second-order valence-electron chi connectivity index (χ2n) is 4.87. The summed E-state index contributed by atoms with van der Waals surface area (Å²) in [6, 6.07) is 6.72. The first-order valence-corrected chi connectivity index (χ1v) is 8.35. The van der Waals surface area contributed by atoms with Crippen molar-refractivity contribution in [2.75, 3.05) is 7.11 Å². The third kappa shape index (κ3) is 3.22.